The summed E-state index contributed by atoms with van der Waals surface area (Å²) in [7, 11) is 0. The molecular formula is C15H23F3N2. The Morgan fingerprint density at radius 1 is 1.20 bits per heavy atom. The predicted molar refractivity (Wildman–Crippen MR) is 74.4 cm³/mol. The van der Waals surface area contributed by atoms with Gasteiger partial charge in [-0.05, 0) is 24.6 Å². The number of unbranched alkanes of at least 4 members (excludes halogenated alkanes) is 3. The monoisotopic (exact) mass is 288 g/mol. The molecule has 1 heterocycles. The zero-order valence-electron chi connectivity index (χ0n) is 12.1. The molecule has 0 amide bonds. The number of pyridine rings is 1. The summed E-state index contributed by atoms with van der Waals surface area (Å²) in [4.78, 5) is 3.87. The SMILES string of the molecule is CCCCCCC(NCC)c1cnccc1C(F)(F)F. The van der Waals surface area contributed by atoms with Gasteiger partial charge >= 0.3 is 6.18 Å². The van der Waals surface area contributed by atoms with Crippen LogP contribution in [-0.4, -0.2) is 11.5 Å². The molecule has 0 saturated carbocycles. The van der Waals surface area contributed by atoms with Crippen molar-refractivity contribution in [2.45, 2.75) is 58.2 Å². The average molecular weight is 288 g/mol. The Morgan fingerprint density at radius 3 is 2.55 bits per heavy atom. The summed E-state index contributed by atoms with van der Waals surface area (Å²) in [6, 6.07) is 0.785. The second-order valence-corrected chi connectivity index (χ2v) is 4.92. The molecule has 0 aromatic carbocycles. The van der Waals surface area contributed by atoms with E-state index in [1.807, 2.05) is 6.92 Å². The molecule has 1 aromatic rings. The zero-order chi connectivity index (χ0) is 15.0. The van der Waals surface area contributed by atoms with Crippen LogP contribution in [0.3, 0.4) is 0 Å². The molecule has 0 aliphatic carbocycles. The first-order chi connectivity index (χ1) is 9.50. The van der Waals surface area contributed by atoms with Gasteiger partial charge in [-0.3, -0.25) is 4.98 Å². The van der Waals surface area contributed by atoms with Crippen LogP contribution in [-0.2, 0) is 6.18 Å². The molecule has 1 aromatic heterocycles. The summed E-state index contributed by atoms with van der Waals surface area (Å²) in [5, 5.41) is 3.15. The van der Waals surface area contributed by atoms with Crippen molar-refractivity contribution >= 4 is 0 Å². The molecule has 0 saturated heterocycles. The van der Waals surface area contributed by atoms with Gasteiger partial charge in [0.05, 0.1) is 5.56 Å². The lowest BCUT2D eigenvalue weighted by atomic mass is 9.97. The van der Waals surface area contributed by atoms with Gasteiger partial charge in [-0.15, -0.1) is 0 Å². The molecular weight excluding hydrogens is 265 g/mol. The molecule has 0 radical (unpaired) electrons. The van der Waals surface area contributed by atoms with Crippen molar-refractivity contribution in [3.63, 3.8) is 0 Å². The molecule has 0 spiro atoms. The second kappa shape index (κ2) is 8.25. The summed E-state index contributed by atoms with van der Waals surface area (Å²) in [5.41, 5.74) is -0.313. The van der Waals surface area contributed by atoms with E-state index < -0.39 is 11.7 Å². The largest absolute Gasteiger partial charge is 0.416 e. The number of nitrogens with one attached hydrogen (secondary N) is 1. The zero-order valence-corrected chi connectivity index (χ0v) is 12.1. The van der Waals surface area contributed by atoms with Crippen molar-refractivity contribution in [2.24, 2.45) is 0 Å². The molecule has 0 aliphatic heterocycles. The first-order valence-electron chi connectivity index (χ1n) is 7.25. The lowest BCUT2D eigenvalue weighted by Crippen LogP contribution is -2.24. The number of rotatable bonds is 8. The van der Waals surface area contributed by atoms with Crippen molar-refractivity contribution in [2.75, 3.05) is 6.54 Å². The van der Waals surface area contributed by atoms with Gasteiger partial charge < -0.3 is 5.32 Å². The summed E-state index contributed by atoms with van der Waals surface area (Å²) < 4.78 is 39.1. The van der Waals surface area contributed by atoms with Crippen LogP contribution in [0.25, 0.3) is 0 Å². The topological polar surface area (TPSA) is 24.9 Å². The van der Waals surface area contributed by atoms with Crippen LogP contribution in [0, 0.1) is 0 Å². The quantitative estimate of drug-likeness (QED) is 0.700. The molecule has 1 atom stereocenters. The number of hydrogen-bond acceptors (Lipinski definition) is 2. The van der Waals surface area contributed by atoms with E-state index in [4.69, 9.17) is 0 Å². The molecule has 0 fully saturated rings. The molecule has 2 nitrogen and oxygen atoms in total. The first kappa shape index (κ1) is 17.0. The van der Waals surface area contributed by atoms with Gasteiger partial charge in [0.25, 0.3) is 0 Å². The van der Waals surface area contributed by atoms with Crippen LogP contribution >= 0.6 is 0 Å². The van der Waals surface area contributed by atoms with E-state index >= 15 is 0 Å². The van der Waals surface area contributed by atoms with E-state index in [-0.39, 0.29) is 11.6 Å². The third-order valence-corrected chi connectivity index (χ3v) is 3.33. The molecule has 5 heteroatoms. The molecule has 1 N–H and O–H groups in total. The molecule has 20 heavy (non-hydrogen) atoms. The minimum Gasteiger partial charge on any atom is -0.310 e. The fraction of sp³-hybridized carbons (Fsp3) is 0.667. The molecule has 1 rings (SSSR count). The lowest BCUT2D eigenvalue weighted by molar-refractivity contribution is -0.138. The van der Waals surface area contributed by atoms with Crippen LogP contribution in [0.15, 0.2) is 18.5 Å². The van der Waals surface area contributed by atoms with Gasteiger partial charge in [-0.25, -0.2) is 0 Å². The van der Waals surface area contributed by atoms with Gasteiger partial charge in [0, 0.05) is 18.4 Å². The van der Waals surface area contributed by atoms with Crippen LogP contribution in [0.2, 0.25) is 0 Å². The van der Waals surface area contributed by atoms with E-state index in [0.717, 1.165) is 31.7 Å². The predicted octanol–water partition coefficient (Wildman–Crippen LogP) is 4.72. The average Bonchev–Trinajstić information content (AvgIpc) is 2.41. The minimum absolute atomic E-state index is 0.262. The van der Waals surface area contributed by atoms with E-state index in [9.17, 15) is 13.2 Å². The Bertz CT molecular complexity index is 391. The van der Waals surface area contributed by atoms with E-state index in [1.54, 1.807) is 0 Å². The van der Waals surface area contributed by atoms with Crippen LogP contribution in [0.5, 0.6) is 0 Å². The molecule has 1 unspecified atom stereocenters. The van der Waals surface area contributed by atoms with E-state index in [0.29, 0.717) is 13.0 Å². The molecule has 0 aliphatic rings. The normalized spacial score (nSPS) is 13.4. The van der Waals surface area contributed by atoms with E-state index in [2.05, 4.69) is 17.2 Å². The first-order valence-corrected chi connectivity index (χ1v) is 7.25. The maximum Gasteiger partial charge on any atom is 0.416 e. The number of hydrogen-bond donors (Lipinski definition) is 1. The molecule has 0 bridgehead atoms. The number of nitrogens with zero attached hydrogens (tertiary/aromatic N) is 1. The Balaban J connectivity index is 2.85. The van der Waals surface area contributed by atoms with Crippen LogP contribution in [0.1, 0.15) is 63.1 Å². The fourth-order valence-electron chi connectivity index (χ4n) is 2.33. The summed E-state index contributed by atoms with van der Waals surface area (Å²) >= 11 is 0. The molecule has 114 valence electrons. The maximum absolute atomic E-state index is 13.0. The fourth-order valence-corrected chi connectivity index (χ4v) is 2.33. The highest BCUT2D eigenvalue weighted by Gasteiger charge is 2.35. The smallest absolute Gasteiger partial charge is 0.310 e. The van der Waals surface area contributed by atoms with Crippen molar-refractivity contribution in [3.8, 4) is 0 Å². The van der Waals surface area contributed by atoms with Gasteiger partial charge in [-0.2, -0.15) is 13.2 Å². The van der Waals surface area contributed by atoms with Crippen molar-refractivity contribution in [3.05, 3.63) is 29.6 Å². The Hall–Kier alpha value is -1.10. The third kappa shape index (κ3) is 5.12. The van der Waals surface area contributed by atoms with Crippen LogP contribution < -0.4 is 5.32 Å². The second-order valence-electron chi connectivity index (χ2n) is 4.92. The van der Waals surface area contributed by atoms with E-state index in [1.165, 1.54) is 12.4 Å². The summed E-state index contributed by atoms with van der Waals surface area (Å²) in [6.45, 7) is 4.66. The number of aromatic nitrogens is 1. The Labute approximate surface area is 118 Å². The highest BCUT2D eigenvalue weighted by atomic mass is 19.4. The van der Waals surface area contributed by atoms with Crippen molar-refractivity contribution in [1.82, 2.24) is 10.3 Å². The highest BCUT2D eigenvalue weighted by molar-refractivity contribution is 5.29. The van der Waals surface area contributed by atoms with Crippen molar-refractivity contribution < 1.29 is 13.2 Å². The summed E-state index contributed by atoms with van der Waals surface area (Å²) in [6.07, 6.45) is 3.16. The van der Waals surface area contributed by atoms with Crippen molar-refractivity contribution in [1.29, 1.82) is 0 Å². The Kier molecular flexibility index (Phi) is 6.99. The third-order valence-electron chi connectivity index (χ3n) is 3.33. The van der Waals surface area contributed by atoms with Gasteiger partial charge in [0.1, 0.15) is 0 Å². The standard InChI is InChI=1S/C15H23F3N2/c1-3-5-6-7-8-14(20-4-2)12-11-19-10-9-13(12)15(16,17)18/h9-11,14,20H,3-8H2,1-2H3. The number of halogens is 3. The summed E-state index contributed by atoms with van der Waals surface area (Å²) in [5.74, 6) is 0. The minimum atomic E-state index is -4.32. The van der Waals surface area contributed by atoms with Gasteiger partial charge in [0.15, 0.2) is 0 Å². The maximum atomic E-state index is 13.0. The van der Waals surface area contributed by atoms with Gasteiger partial charge in [0.2, 0.25) is 0 Å². The highest BCUT2D eigenvalue weighted by Crippen LogP contribution is 2.35. The lowest BCUT2D eigenvalue weighted by Gasteiger charge is -2.22. The Morgan fingerprint density at radius 2 is 1.95 bits per heavy atom. The van der Waals surface area contributed by atoms with Crippen LogP contribution in [0.4, 0.5) is 13.2 Å². The number of alkyl halides is 3. The van der Waals surface area contributed by atoms with Gasteiger partial charge in [-0.1, -0.05) is 39.5 Å².